The van der Waals surface area contributed by atoms with Crippen LogP contribution in [-0.2, 0) is 11.8 Å². The third-order valence-corrected chi connectivity index (χ3v) is 5.12. The van der Waals surface area contributed by atoms with Crippen molar-refractivity contribution in [1.29, 1.82) is 0 Å². The summed E-state index contributed by atoms with van der Waals surface area (Å²) in [7, 11) is 3.13. The molecule has 1 N–H and O–H groups in total. The summed E-state index contributed by atoms with van der Waals surface area (Å²) in [5.74, 6) is 0.181. The van der Waals surface area contributed by atoms with E-state index in [0.29, 0.717) is 17.7 Å². The van der Waals surface area contributed by atoms with Gasteiger partial charge in [-0.2, -0.15) is 4.68 Å². The summed E-state index contributed by atoms with van der Waals surface area (Å²) < 4.78 is 54.5. The van der Waals surface area contributed by atoms with E-state index in [2.05, 4.69) is 15.2 Å². The van der Waals surface area contributed by atoms with Gasteiger partial charge in [0, 0.05) is 25.7 Å². The summed E-state index contributed by atoms with van der Waals surface area (Å²) in [6, 6.07) is 12.7. The van der Waals surface area contributed by atoms with Gasteiger partial charge in [-0.3, -0.25) is 9.59 Å². The average Bonchev–Trinajstić information content (AvgIpc) is 2.83. The van der Waals surface area contributed by atoms with E-state index in [0.717, 1.165) is 16.8 Å². The number of nitrogens with one attached hydrogen (secondary N) is 1. The Bertz CT molecular complexity index is 1500. The molecule has 2 heterocycles. The molecule has 12 heteroatoms. The lowest BCUT2D eigenvalue weighted by molar-refractivity contribution is -0.274. The number of benzene rings is 2. The van der Waals surface area contributed by atoms with Gasteiger partial charge in [0.05, 0.1) is 17.7 Å². The third-order valence-electron chi connectivity index (χ3n) is 5.12. The minimum absolute atomic E-state index is 0.167. The van der Waals surface area contributed by atoms with Crippen molar-refractivity contribution < 1.29 is 27.4 Å². The summed E-state index contributed by atoms with van der Waals surface area (Å²) in [5.41, 5.74) is -0.449. The van der Waals surface area contributed by atoms with Crippen LogP contribution in [0.5, 0.6) is 11.5 Å². The van der Waals surface area contributed by atoms with Gasteiger partial charge in [0.15, 0.2) is 5.82 Å². The molecule has 9 nitrogen and oxygen atoms in total. The maximum absolute atomic E-state index is 13.3. The topological polar surface area (TPSA) is 96.6 Å². The molecule has 0 bridgehead atoms. The number of alkyl halides is 3. The van der Waals surface area contributed by atoms with Crippen LogP contribution in [0.15, 0.2) is 70.4 Å². The van der Waals surface area contributed by atoms with Gasteiger partial charge in [-0.05, 0) is 54.6 Å². The van der Waals surface area contributed by atoms with Gasteiger partial charge in [-0.25, -0.2) is 0 Å². The van der Waals surface area contributed by atoms with Gasteiger partial charge in [0.25, 0.3) is 11.1 Å². The predicted octanol–water partition coefficient (Wildman–Crippen LogP) is 3.75. The van der Waals surface area contributed by atoms with E-state index in [1.165, 1.54) is 16.7 Å². The van der Waals surface area contributed by atoms with Gasteiger partial charge < -0.3 is 24.1 Å². The van der Waals surface area contributed by atoms with Crippen LogP contribution >= 0.6 is 0 Å². The summed E-state index contributed by atoms with van der Waals surface area (Å²) in [4.78, 5) is 25.9. The fourth-order valence-corrected chi connectivity index (χ4v) is 3.43. The van der Waals surface area contributed by atoms with Crippen molar-refractivity contribution in [2.45, 2.75) is 6.36 Å². The van der Waals surface area contributed by atoms with Crippen molar-refractivity contribution in [3.05, 3.63) is 81.5 Å². The molecule has 0 saturated carbocycles. The van der Waals surface area contributed by atoms with Gasteiger partial charge in [0.2, 0.25) is 0 Å². The van der Waals surface area contributed by atoms with E-state index < -0.39 is 17.7 Å². The van der Waals surface area contributed by atoms with Crippen LogP contribution in [0.2, 0.25) is 0 Å². The second-order valence-corrected chi connectivity index (χ2v) is 7.62. The molecule has 0 radical (unpaired) electrons. The van der Waals surface area contributed by atoms with E-state index in [1.54, 1.807) is 50.7 Å². The van der Waals surface area contributed by atoms with Crippen LogP contribution in [0.3, 0.4) is 0 Å². The number of anilines is 2. The van der Waals surface area contributed by atoms with Crippen LogP contribution in [0.4, 0.5) is 24.7 Å². The first-order valence-electron chi connectivity index (χ1n) is 10.6. The molecule has 0 atom stereocenters. The smallest absolute Gasteiger partial charge is 0.491 e. The zero-order valence-corrected chi connectivity index (χ0v) is 19.2. The minimum atomic E-state index is -4.85. The van der Waals surface area contributed by atoms with Crippen molar-refractivity contribution in [3.63, 3.8) is 0 Å². The number of methoxy groups -OCH3 is 1. The Kier molecular flexibility index (Phi) is 6.97. The Morgan fingerprint density at radius 2 is 1.67 bits per heavy atom. The van der Waals surface area contributed by atoms with Gasteiger partial charge in [0.1, 0.15) is 23.8 Å². The van der Waals surface area contributed by atoms with Crippen molar-refractivity contribution >= 4 is 22.3 Å². The number of ether oxygens (including phenoxy) is 3. The molecule has 0 unspecified atom stereocenters. The van der Waals surface area contributed by atoms with E-state index in [9.17, 15) is 22.8 Å². The molecule has 0 spiro atoms. The van der Waals surface area contributed by atoms with E-state index in [-0.39, 0.29) is 34.7 Å². The summed E-state index contributed by atoms with van der Waals surface area (Å²) in [6.07, 6.45) is -3.26. The molecule has 0 aliphatic rings. The number of nitrogens with zero attached hydrogens (tertiary/aromatic N) is 3. The van der Waals surface area contributed by atoms with Crippen molar-refractivity contribution in [2.24, 2.45) is 7.05 Å². The Morgan fingerprint density at radius 1 is 0.944 bits per heavy atom. The Balaban J connectivity index is 1.83. The summed E-state index contributed by atoms with van der Waals surface area (Å²) in [6.45, 7) is 0.637. The van der Waals surface area contributed by atoms with Crippen LogP contribution < -0.4 is 25.9 Å². The first kappa shape index (κ1) is 24.8. The van der Waals surface area contributed by atoms with E-state index >= 15 is 0 Å². The summed E-state index contributed by atoms with van der Waals surface area (Å²) >= 11 is 0. The molecule has 4 rings (SSSR count). The molecule has 0 fully saturated rings. The lowest BCUT2D eigenvalue weighted by Crippen LogP contribution is -2.24. The molecule has 0 aliphatic carbocycles. The number of pyridine rings is 1. The van der Waals surface area contributed by atoms with Crippen LogP contribution in [0, 0.1) is 0 Å². The number of hydrogen-bond acceptors (Lipinski definition) is 7. The zero-order valence-electron chi connectivity index (χ0n) is 19.2. The molecule has 36 heavy (non-hydrogen) atoms. The largest absolute Gasteiger partial charge is 0.573 e. The standard InChI is InChI=1S/C24H21F3N4O5/c1-30-11-3-4-20(23(30)33)28-21-19-14-17(35-13-12-34-2)9-10-18(19)22(32)31(29-21)15-5-7-16(8-6-15)36-24(25,26)27/h3-11,14H,12-13H2,1-2H3,(H,28,29). The first-order valence-corrected chi connectivity index (χ1v) is 10.6. The molecule has 0 amide bonds. The predicted molar refractivity (Wildman–Crippen MR) is 126 cm³/mol. The molecular formula is C24H21F3N4O5. The van der Waals surface area contributed by atoms with Gasteiger partial charge in [-0.1, -0.05) is 0 Å². The molecule has 0 saturated heterocycles. The quantitative estimate of drug-likeness (QED) is 0.367. The lowest BCUT2D eigenvalue weighted by Gasteiger charge is -2.15. The number of rotatable bonds is 8. The molecule has 2 aromatic heterocycles. The number of aryl methyl sites for hydroxylation is 1. The first-order chi connectivity index (χ1) is 17.2. The van der Waals surface area contributed by atoms with Crippen molar-refractivity contribution in [2.75, 3.05) is 25.6 Å². The number of fused-ring (bicyclic) bond motifs is 1. The molecule has 4 aromatic rings. The Labute approximate surface area is 202 Å². The van der Waals surface area contributed by atoms with Gasteiger partial charge in [-0.15, -0.1) is 18.3 Å². The highest BCUT2D eigenvalue weighted by Crippen LogP contribution is 2.27. The second-order valence-electron chi connectivity index (χ2n) is 7.62. The highest BCUT2D eigenvalue weighted by molar-refractivity contribution is 5.93. The second kappa shape index (κ2) is 10.1. The summed E-state index contributed by atoms with van der Waals surface area (Å²) in [5, 5.41) is 7.98. The molecule has 188 valence electrons. The fraction of sp³-hybridized carbons (Fsp3) is 0.208. The Morgan fingerprint density at radius 3 is 2.36 bits per heavy atom. The van der Waals surface area contributed by atoms with Crippen LogP contribution in [-0.4, -0.2) is 41.0 Å². The van der Waals surface area contributed by atoms with Crippen molar-refractivity contribution in [3.8, 4) is 17.2 Å². The van der Waals surface area contributed by atoms with Gasteiger partial charge >= 0.3 is 6.36 Å². The average molecular weight is 502 g/mol. The zero-order chi connectivity index (χ0) is 25.9. The maximum atomic E-state index is 13.3. The number of aromatic nitrogens is 3. The van der Waals surface area contributed by atoms with Crippen LogP contribution in [0.25, 0.3) is 16.5 Å². The lowest BCUT2D eigenvalue weighted by atomic mass is 10.1. The fourth-order valence-electron chi connectivity index (χ4n) is 3.43. The van der Waals surface area contributed by atoms with Crippen molar-refractivity contribution in [1.82, 2.24) is 14.3 Å². The normalized spacial score (nSPS) is 11.5. The highest BCUT2D eigenvalue weighted by Gasteiger charge is 2.31. The maximum Gasteiger partial charge on any atom is 0.573 e. The molecule has 2 aromatic carbocycles. The molecule has 0 aliphatic heterocycles. The molecular weight excluding hydrogens is 481 g/mol. The van der Waals surface area contributed by atoms with E-state index in [1.807, 2.05) is 0 Å². The third kappa shape index (κ3) is 5.49. The Hall–Kier alpha value is -4.32. The SMILES string of the molecule is COCCOc1ccc2c(=O)n(-c3ccc(OC(F)(F)F)cc3)nc(Nc3cccn(C)c3=O)c2c1. The van der Waals surface area contributed by atoms with Crippen LogP contribution in [0.1, 0.15) is 0 Å². The monoisotopic (exact) mass is 502 g/mol. The van der Waals surface area contributed by atoms with E-state index in [4.69, 9.17) is 9.47 Å². The number of halogens is 3. The highest BCUT2D eigenvalue weighted by atomic mass is 19.4. The number of hydrogen-bond donors (Lipinski definition) is 1. The minimum Gasteiger partial charge on any atom is -0.491 e.